The molecule has 0 spiro atoms. The van der Waals surface area contributed by atoms with Crippen molar-refractivity contribution in [1.29, 1.82) is 0 Å². The SMILES string of the molecule is NCCN(Cc1ccncc1)C(N)=O. The van der Waals surface area contributed by atoms with E-state index in [2.05, 4.69) is 4.98 Å². The number of carbonyl (C=O) groups is 1. The summed E-state index contributed by atoms with van der Waals surface area (Å²) < 4.78 is 0. The quantitative estimate of drug-likeness (QED) is 0.703. The van der Waals surface area contributed by atoms with E-state index in [0.29, 0.717) is 19.6 Å². The lowest BCUT2D eigenvalue weighted by molar-refractivity contribution is 0.206. The van der Waals surface area contributed by atoms with Crippen molar-refractivity contribution >= 4 is 6.03 Å². The first-order chi connectivity index (χ1) is 6.74. The van der Waals surface area contributed by atoms with E-state index in [1.54, 1.807) is 12.4 Å². The highest BCUT2D eigenvalue weighted by molar-refractivity contribution is 5.71. The molecule has 0 fully saturated rings. The second kappa shape index (κ2) is 5.18. The molecular formula is C9H14N4O. The highest BCUT2D eigenvalue weighted by Gasteiger charge is 2.08. The molecule has 0 aliphatic heterocycles. The zero-order valence-electron chi connectivity index (χ0n) is 7.89. The Morgan fingerprint density at radius 2 is 2.07 bits per heavy atom. The fraction of sp³-hybridized carbons (Fsp3) is 0.333. The van der Waals surface area contributed by atoms with Gasteiger partial charge in [-0.1, -0.05) is 0 Å². The minimum atomic E-state index is -0.452. The van der Waals surface area contributed by atoms with Gasteiger partial charge in [0.05, 0.1) is 0 Å². The molecule has 0 atom stereocenters. The van der Waals surface area contributed by atoms with Gasteiger partial charge in [0.15, 0.2) is 0 Å². The summed E-state index contributed by atoms with van der Waals surface area (Å²) in [4.78, 5) is 16.4. The molecule has 1 heterocycles. The van der Waals surface area contributed by atoms with E-state index in [0.717, 1.165) is 5.56 Å². The van der Waals surface area contributed by atoms with Gasteiger partial charge in [0.2, 0.25) is 0 Å². The molecule has 0 aliphatic carbocycles. The zero-order chi connectivity index (χ0) is 10.4. The van der Waals surface area contributed by atoms with Gasteiger partial charge >= 0.3 is 6.03 Å². The van der Waals surface area contributed by atoms with Crippen LogP contribution in [0.5, 0.6) is 0 Å². The van der Waals surface area contributed by atoms with E-state index in [4.69, 9.17) is 11.5 Å². The predicted molar refractivity (Wildman–Crippen MR) is 53.3 cm³/mol. The van der Waals surface area contributed by atoms with E-state index in [1.165, 1.54) is 4.90 Å². The molecule has 14 heavy (non-hydrogen) atoms. The van der Waals surface area contributed by atoms with Crippen LogP contribution in [0.1, 0.15) is 5.56 Å². The third kappa shape index (κ3) is 3.02. The van der Waals surface area contributed by atoms with Crippen molar-refractivity contribution in [3.63, 3.8) is 0 Å². The molecule has 0 radical (unpaired) electrons. The maximum atomic E-state index is 11.0. The van der Waals surface area contributed by atoms with Crippen LogP contribution in [0.3, 0.4) is 0 Å². The molecular weight excluding hydrogens is 180 g/mol. The number of hydrogen-bond donors (Lipinski definition) is 2. The number of hydrogen-bond acceptors (Lipinski definition) is 3. The third-order valence-corrected chi connectivity index (χ3v) is 1.83. The largest absolute Gasteiger partial charge is 0.351 e. The Morgan fingerprint density at radius 3 is 2.57 bits per heavy atom. The third-order valence-electron chi connectivity index (χ3n) is 1.83. The summed E-state index contributed by atoms with van der Waals surface area (Å²) >= 11 is 0. The van der Waals surface area contributed by atoms with Gasteiger partial charge in [-0.05, 0) is 17.7 Å². The van der Waals surface area contributed by atoms with E-state index >= 15 is 0 Å². The van der Waals surface area contributed by atoms with Crippen LogP contribution in [0.25, 0.3) is 0 Å². The number of rotatable bonds is 4. The molecule has 2 amide bonds. The summed E-state index contributed by atoms with van der Waals surface area (Å²) in [6, 6.07) is 3.23. The summed E-state index contributed by atoms with van der Waals surface area (Å²) in [6.07, 6.45) is 3.36. The summed E-state index contributed by atoms with van der Waals surface area (Å²) in [5.74, 6) is 0. The van der Waals surface area contributed by atoms with Crippen LogP contribution < -0.4 is 11.5 Å². The lowest BCUT2D eigenvalue weighted by Gasteiger charge is -2.19. The first-order valence-electron chi connectivity index (χ1n) is 4.37. The van der Waals surface area contributed by atoms with Crippen LogP contribution in [0, 0.1) is 0 Å². The number of carbonyl (C=O) groups excluding carboxylic acids is 1. The standard InChI is InChI=1S/C9H14N4O/c10-3-6-13(9(11)14)7-8-1-4-12-5-2-8/h1-2,4-5H,3,6-7,10H2,(H2,11,14). The average Bonchev–Trinajstić information content (AvgIpc) is 2.18. The van der Waals surface area contributed by atoms with Crippen molar-refractivity contribution in [2.45, 2.75) is 6.54 Å². The highest BCUT2D eigenvalue weighted by atomic mass is 16.2. The number of urea groups is 1. The number of aromatic nitrogens is 1. The second-order valence-corrected chi connectivity index (χ2v) is 2.90. The minimum absolute atomic E-state index is 0.411. The number of primary amides is 1. The van der Waals surface area contributed by atoms with Crippen LogP contribution in [0.2, 0.25) is 0 Å². The second-order valence-electron chi connectivity index (χ2n) is 2.90. The fourth-order valence-corrected chi connectivity index (χ4v) is 1.13. The molecule has 0 bridgehead atoms. The number of pyridine rings is 1. The molecule has 0 aliphatic rings. The Balaban J connectivity index is 2.60. The van der Waals surface area contributed by atoms with Gasteiger partial charge in [-0.25, -0.2) is 4.79 Å². The van der Waals surface area contributed by atoms with Crippen LogP contribution in [0.4, 0.5) is 4.79 Å². The number of nitrogens with two attached hydrogens (primary N) is 2. The maximum absolute atomic E-state index is 11.0. The van der Waals surface area contributed by atoms with Gasteiger partial charge in [-0.2, -0.15) is 0 Å². The molecule has 1 aromatic rings. The lowest BCUT2D eigenvalue weighted by Crippen LogP contribution is -2.38. The predicted octanol–water partition coefficient (Wildman–Crippen LogP) is -0.0790. The van der Waals surface area contributed by atoms with E-state index in [1.807, 2.05) is 12.1 Å². The lowest BCUT2D eigenvalue weighted by atomic mass is 10.2. The zero-order valence-corrected chi connectivity index (χ0v) is 7.89. The Kier molecular flexibility index (Phi) is 3.87. The van der Waals surface area contributed by atoms with Gasteiger partial charge in [-0.15, -0.1) is 0 Å². The van der Waals surface area contributed by atoms with Crippen molar-refractivity contribution in [2.75, 3.05) is 13.1 Å². The summed E-state index contributed by atoms with van der Waals surface area (Å²) in [5, 5.41) is 0. The van der Waals surface area contributed by atoms with Gasteiger partial charge in [0, 0.05) is 32.0 Å². The van der Waals surface area contributed by atoms with Gasteiger partial charge in [0.25, 0.3) is 0 Å². The van der Waals surface area contributed by atoms with Crippen molar-refractivity contribution in [3.8, 4) is 0 Å². The van der Waals surface area contributed by atoms with Gasteiger partial charge in [-0.3, -0.25) is 4.98 Å². The molecule has 5 heteroatoms. The summed E-state index contributed by atoms with van der Waals surface area (Å²) in [5.41, 5.74) is 11.5. The minimum Gasteiger partial charge on any atom is -0.351 e. The summed E-state index contributed by atoms with van der Waals surface area (Å²) in [6.45, 7) is 1.36. The van der Waals surface area contributed by atoms with Crippen molar-refractivity contribution in [1.82, 2.24) is 9.88 Å². The normalized spacial score (nSPS) is 9.79. The molecule has 0 aromatic carbocycles. The smallest absolute Gasteiger partial charge is 0.315 e. The Labute approximate surface area is 82.7 Å². The van der Waals surface area contributed by atoms with Crippen LogP contribution in [0.15, 0.2) is 24.5 Å². The molecule has 0 unspecified atom stereocenters. The van der Waals surface area contributed by atoms with Crippen LogP contribution >= 0.6 is 0 Å². The number of amides is 2. The Hall–Kier alpha value is -1.62. The molecule has 0 saturated heterocycles. The topological polar surface area (TPSA) is 85.2 Å². The van der Waals surface area contributed by atoms with Crippen molar-refractivity contribution < 1.29 is 4.79 Å². The Bertz CT molecular complexity index is 288. The molecule has 5 nitrogen and oxygen atoms in total. The Morgan fingerprint density at radius 1 is 1.43 bits per heavy atom. The molecule has 76 valence electrons. The van der Waals surface area contributed by atoms with E-state index < -0.39 is 6.03 Å². The fourth-order valence-electron chi connectivity index (χ4n) is 1.13. The van der Waals surface area contributed by atoms with Crippen molar-refractivity contribution in [3.05, 3.63) is 30.1 Å². The molecule has 4 N–H and O–H groups in total. The van der Waals surface area contributed by atoms with Gasteiger partial charge in [0.1, 0.15) is 0 Å². The maximum Gasteiger partial charge on any atom is 0.315 e. The molecule has 1 rings (SSSR count). The molecule has 1 aromatic heterocycles. The first-order valence-corrected chi connectivity index (χ1v) is 4.37. The number of nitrogens with zero attached hydrogens (tertiary/aromatic N) is 2. The first kappa shape index (κ1) is 10.5. The van der Waals surface area contributed by atoms with Crippen LogP contribution in [-0.2, 0) is 6.54 Å². The molecule has 0 saturated carbocycles. The van der Waals surface area contributed by atoms with E-state index in [9.17, 15) is 4.79 Å². The van der Waals surface area contributed by atoms with Crippen LogP contribution in [-0.4, -0.2) is 29.0 Å². The summed E-state index contributed by atoms with van der Waals surface area (Å²) in [7, 11) is 0. The van der Waals surface area contributed by atoms with E-state index in [-0.39, 0.29) is 0 Å². The van der Waals surface area contributed by atoms with Gasteiger partial charge < -0.3 is 16.4 Å². The van der Waals surface area contributed by atoms with Crippen molar-refractivity contribution in [2.24, 2.45) is 11.5 Å². The monoisotopic (exact) mass is 194 g/mol. The highest BCUT2D eigenvalue weighted by Crippen LogP contribution is 2.01. The average molecular weight is 194 g/mol.